The SMILES string of the molecule is COc1cc(C2C(C#N)=C(N)N(c3nnc(SC(C)C)s3)C3=C2C(=O)CC(C)(C)C3)cc(OC)c1OC. The van der Waals surface area contributed by atoms with Gasteiger partial charge in [-0.2, -0.15) is 5.26 Å². The number of nitrogens with two attached hydrogens (primary N) is 1. The first-order valence-corrected chi connectivity index (χ1v) is 13.5. The van der Waals surface area contributed by atoms with E-state index in [0.29, 0.717) is 51.6 Å². The number of Topliss-reactive ketones (excluding diaryl/α,β-unsaturated/α-hetero) is 1. The van der Waals surface area contributed by atoms with Gasteiger partial charge in [0.25, 0.3) is 0 Å². The van der Waals surface area contributed by atoms with E-state index in [1.165, 1.54) is 32.7 Å². The van der Waals surface area contributed by atoms with Crippen LogP contribution in [-0.2, 0) is 4.79 Å². The van der Waals surface area contributed by atoms with E-state index < -0.39 is 5.92 Å². The molecule has 0 fully saturated rings. The van der Waals surface area contributed by atoms with Crippen LogP contribution in [0.5, 0.6) is 17.2 Å². The molecule has 0 spiro atoms. The molecular formula is C26H31N5O4S2. The van der Waals surface area contributed by atoms with Crippen LogP contribution in [0.3, 0.4) is 0 Å². The number of hydrogen-bond acceptors (Lipinski definition) is 11. The molecule has 1 atom stereocenters. The topological polar surface area (TPSA) is 124 Å². The van der Waals surface area contributed by atoms with Gasteiger partial charge >= 0.3 is 0 Å². The summed E-state index contributed by atoms with van der Waals surface area (Å²) in [6.07, 6.45) is 0.935. The lowest BCUT2D eigenvalue weighted by atomic mass is 9.68. The van der Waals surface area contributed by atoms with E-state index in [-0.39, 0.29) is 22.6 Å². The molecule has 0 bridgehead atoms. The number of carbonyl (C=O) groups is 1. The number of thioether (sulfide) groups is 1. The number of carbonyl (C=O) groups excluding carboxylic acids is 1. The van der Waals surface area contributed by atoms with Crippen LogP contribution >= 0.6 is 23.1 Å². The van der Waals surface area contributed by atoms with E-state index in [1.54, 1.807) is 28.8 Å². The lowest BCUT2D eigenvalue weighted by molar-refractivity contribution is -0.118. The maximum atomic E-state index is 13.8. The Morgan fingerprint density at radius 2 is 1.81 bits per heavy atom. The Balaban J connectivity index is 1.97. The predicted octanol–water partition coefficient (Wildman–Crippen LogP) is 5.01. The van der Waals surface area contributed by atoms with Gasteiger partial charge in [0, 0.05) is 22.9 Å². The van der Waals surface area contributed by atoms with Crippen molar-refractivity contribution in [1.82, 2.24) is 10.2 Å². The largest absolute Gasteiger partial charge is 0.493 e. The number of ether oxygens (including phenoxy) is 3. The van der Waals surface area contributed by atoms with Crippen molar-refractivity contribution >= 4 is 34.0 Å². The zero-order chi connectivity index (χ0) is 27.1. The molecule has 2 aromatic rings. The van der Waals surface area contributed by atoms with Gasteiger partial charge in [0.2, 0.25) is 10.9 Å². The molecule has 0 saturated heterocycles. The van der Waals surface area contributed by atoms with E-state index in [1.807, 2.05) is 0 Å². The summed E-state index contributed by atoms with van der Waals surface area (Å²) in [5, 5.41) is 19.9. The van der Waals surface area contributed by atoms with Crippen molar-refractivity contribution < 1.29 is 19.0 Å². The van der Waals surface area contributed by atoms with Crippen molar-refractivity contribution in [1.29, 1.82) is 5.26 Å². The number of rotatable bonds is 7. The maximum Gasteiger partial charge on any atom is 0.219 e. The summed E-state index contributed by atoms with van der Waals surface area (Å²) in [4.78, 5) is 15.5. The van der Waals surface area contributed by atoms with Crippen LogP contribution in [-0.4, -0.2) is 42.6 Å². The summed E-state index contributed by atoms with van der Waals surface area (Å²) in [5.41, 5.74) is 8.62. The monoisotopic (exact) mass is 541 g/mol. The number of allylic oxidation sites excluding steroid dienone is 3. The molecule has 1 aromatic carbocycles. The molecule has 0 saturated carbocycles. The number of anilines is 1. The van der Waals surface area contributed by atoms with E-state index >= 15 is 0 Å². The van der Waals surface area contributed by atoms with E-state index in [9.17, 15) is 10.1 Å². The van der Waals surface area contributed by atoms with Crippen LogP contribution in [0, 0.1) is 16.7 Å². The van der Waals surface area contributed by atoms with Gasteiger partial charge in [0.15, 0.2) is 21.6 Å². The second-order valence-electron chi connectivity index (χ2n) is 9.96. The Kier molecular flexibility index (Phi) is 7.44. The van der Waals surface area contributed by atoms with Gasteiger partial charge in [0.1, 0.15) is 5.82 Å². The molecule has 196 valence electrons. The van der Waals surface area contributed by atoms with Gasteiger partial charge in [-0.1, -0.05) is 50.8 Å². The number of aromatic nitrogens is 2. The minimum atomic E-state index is -0.689. The smallest absolute Gasteiger partial charge is 0.219 e. The molecule has 11 heteroatoms. The minimum Gasteiger partial charge on any atom is -0.493 e. The van der Waals surface area contributed by atoms with Gasteiger partial charge in [-0.05, 0) is 29.5 Å². The molecule has 0 radical (unpaired) electrons. The average molecular weight is 542 g/mol. The first-order valence-electron chi connectivity index (χ1n) is 11.8. The fourth-order valence-electron chi connectivity index (χ4n) is 4.87. The van der Waals surface area contributed by atoms with Gasteiger partial charge in [-0.3, -0.25) is 9.69 Å². The average Bonchev–Trinajstić information content (AvgIpc) is 3.28. The second-order valence-corrected chi connectivity index (χ2v) is 12.7. The highest BCUT2D eigenvalue weighted by atomic mass is 32.2. The van der Waals surface area contributed by atoms with Crippen LogP contribution in [0.15, 0.2) is 39.1 Å². The number of methoxy groups -OCH3 is 3. The van der Waals surface area contributed by atoms with Crippen molar-refractivity contribution in [3.63, 3.8) is 0 Å². The first-order chi connectivity index (χ1) is 17.5. The van der Waals surface area contributed by atoms with Crippen molar-refractivity contribution in [2.45, 2.75) is 56.0 Å². The van der Waals surface area contributed by atoms with E-state index in [0.717, 1.165) is 10.0 Å². The molecular weight excluding hydrogens is 510 g/mol. The third kappa shape index (κ3) is 4.88. The first kappa shape index (κ1) is 26.8. The molecule has 0 amide bonds. The van der Waals surface area contributed by atoms with Gasteiger partial charge in [-0.15, -0.1) is 10.2 Å². The molecule has 2 N–H and O–H groups in total. The maximum absolute atomic E-state index is 13.8. The fourth-order valence-corrected chi connectivity index (χ4v) is 6.97. The van der Waals surface area contributed by atoms with Crippen LogP contribution in [0.25, 0.3) is 0 Å². The Labute approximate surface area is 225 Å². The van der Waals surface area contributed by atoms with E-state index in [4.69, 9.17) is 19.9 Å². The number of nitrogens with zero attached hydrogens (tertiary/aromatic N) is 4. The van der Waals surface area contributed by atoms with Crippen molar-refractivity contribution in [2.75, 3.05) is 26.2 Å². The van der Waals surface area contributed by atoms with Crippen LogP contribution < -0.4 is 24.8 Å². The quantitative estimate of drug-likeness (QED) is 0.479. The number of nitriles is 1. The Bertz CT molecular complexity index is 1310. The fraction of sp³-hybridized carbons (Fsp3) is 0.462. The van der Waals surface area contributed by atoms with E-state index in [2.05, 4.69) is 44.0 Å². The zero-order valence-corrected chi connectivity index (χ0v) is 23.7. The number of ketones is 1. The second kappa shape index (κ2) is 10.3. The standard InChI is InChI=1S/C26H31N5O4S2/c1-13(2)36-25-30-29-24(37-25)31-16-10-26(3,4)11-17(32)21(16)20(15(12-27)23(31)28)14-8-18(33-5)22(35-7)19(9-14)34-6/h8-9,13,20H,10-11,28H2,1-7H3. The molecule has 1 aliphatic carbocycles. The molecule has 1 aromatic heterocycles. The molecule has 2 heterocycles. The lowest BCUT2D eigenvalue weighted by Crippen LogP contribution is -2.42. The van der Waals surface area contributed by atoms with Crippen LogP contribution in [0.1, 0.15) is 52.0 Å². The van der Waals surface area contributed by atoms with Gasteiger partial charge in [0.05, 0.1) is 38.9 Å². The van der Waals surface area contributed by atoms with Crippen LogP contribution in [0.2, 0.25) is 0 Å². The molecule has 4 rings (SSSR count). The van der Waals surface area contributed by atoms with Gasteiger partial charge in [-0.25, -0.2) is 0 Å². The summed E-state index contributed by atoms with van der Waals surface area (Å²) in [6, 6.07) is 5.82. The molecule has 2 aliphatic rings. The minimum absolute atomic E-state index is 0.0310. The van der Waals surface area contributed by atoms with Crippen molar-refractivity contribution in [2.24, 2.45) is 11.1 Å². The number of hydrogen-bond donors (Lipinski definition) is 1. The normalized spacial score (nSPS) is 19.2. The summed E-state index contributed by atoms with van der Waals surface area (Å²) < 4.78 is 17.4. The van der Waals surface area contributed by atoms with Crippen LogP contribution in [0.4, 0.5) is 5.13 Å². The summed E-state index contributed by atoms with van der Waals surface area (Å²) in [6.45, 7) is 8.28. The molecule has 9 nitrogen and oxygen atoms in total. The lowest BCUT2D eigenvalue weighted by Gasteiger charge is -2.42. The summed E-state index contributed by atoms with van der Waals surface area (Å²) in [7, 11) is 4.58. The number of benzene rings is 1. The Morgan fingerprint density at radius 3 is 2.35 bits per heavy atom. The highest BCUT2D eigenvalue weighted by molar-refractivity contribution is 8.01. The Hall–Kier alpha value is -3.23. The molecule has 1 unspecified atom stereocenters. The summed E-state index contributed by atoms with van der Waals surface area (Å²) in [5.74, 6) is 0.807. The third-order valence-electron chi connectivity index (χ3n) is 6.32. The third-order valence-corrected chi connectivity index (χ3v) is 8.32. The van der Waals surface area contributed by atoms with Crippen molar-refractivity contribution in [3.8, 4) is 23.3 Å². The molecule has 1 aliphatic heterocycles. The Morgan fingerprint density at radius 1 is 1.16 bits per heavy atom. The zero-order valence-electron chi connectivity index (χ0n) is 22.0. The highest BCUT2D eigenvalue weighted by Gasteiger charge is 2.45. The predicted molar refractivity (Wildman–Crippen MR) is 144 cm³/mol. The highest BCUT2D eigenvalue weighted by Crippen LogP contribution is 2.52. The molecule has 37 heavy (non-hydrogen) atoms. The van der Waals surface area contributed by atoms with Gasteiger partial charge < -0.3 is 19.9 Å². The summed E-state index contributed by atoms with van der Waals surface area (Å²) >= 11 is 3.00. The van der Waals surface area contributed by atoms with Crippen molar-refractivity contribution in [3.05, 3.63) is 40.4 Å².